The lowest BCUT2D eigenvalue weighted by Gasteiger charge is -2.38. The van der Waals surface area contributed by atoms with Crippen LogP contribution in [0.25, 0.3) is 0 Å². The molecule has 0 bridgehead atoms. The second-order valence-electron chi connectivity index (χ2n) is 8.73. The third kappa shape index (κ3) is 4.13. The molecule has 1 atom stereocenters. The number of nitrogens with zero attached hydrogens (tertiary/aromatic N) is 3. The number of allylic oxidation sites excluding steroid dienone is 2. The summed E-state index contributed by atoms with van der Waals surface area (Å²) in [6.45, 7) is 9.22. The molecule has 0 amide bonds. The summed E-state index contributed by atoms with van der Waals surface area (Å²) in [6, 6.07) is 7.78. The number of unbranched alkanes of at least 4 members (excludes halogenated alkanes) is 1. The standard InChI is InChI=1S/C23H30N4O2S/c1-5-7-11-29-16-10-8-9-15(12-16)20-19-17(13-23(3,4)14-18(19)28)24-21-25-22(30-6-2)26-27(20)21/h8-10,12,20H,5-7,11,13-14H2,1-4H3,(H,24,25,26). The van der Waals surface area contributed by atoms with E-state index in [0.717, 1.165) is 52.8 Å². The van der Waals surface area contributed by atoms with Gasteiger partial charge in [-0.3, -0.25) is 4.79 Å². The monoisotopic (exact) mass is 426 g/mol. The molecule has 0 fully saturated rings. The molecular weight excluding hydrogens is 396 g/mol. The molecular formula is C23H30N4O2S. The second-order valence-corrected chi connectivity index (χ2v) is 9.96. The molecule has 160 valence electrons. The van der Waals surface area contributed by atoms with E-state index in [2.05, 4.69) is 39.1 Å². The van der Waals surface area contributed by atoms with Crippen LogP contribution in [0.2, 0.25) is 0 Å². The Bertz CT molecular complexity index is 979. The molecule has 7 heteroatoms. The van der Waals surface area contributed by atoms with E-state index in [-0.39, 0.29) is 17.2 Å². The van der Waals surface area contributed by atoms with E-state index in [9.17, 15) is 4.79 Å². The first-order chi connectivity index (χ1) is 14.4. The molecule has 30 heavy (non-hydrogen) atoms. The summed E-state index contributed by atoms with van der Waals surface area (Å²) < 4.78 is 7.81. The molecule has 4 rings (SSSR count). The second kappa shape index (κ2) is 8.46. The zero-order chi connectivity index (χ0) is 21.3. The van der Waals surface area contributed by atoms with Gasteiger partial charge in [0.2, 0.25) is 11.1 Å². The van der Waals surface area contributed by atoms with Crippen molar-refractivity contribution in [1.29, 1.82) is 0 Å². The third-order valence-corrected chi connectivity index (χ3v) is 6.25. The van der Waals surface area contributed by atoms with Gasteiger partial charge >= 0.3 is 0 Å². The predicted molar refractivity (Wildman–Crippen MR) is 120 cm³/mol. The Hall–Kier alpha value is -2.28. The Kier molecular flexibility index (Phi) is 5.91. The van der Waals surface area contributed by atoms with Gasteiger partial charge in [-0.2, -0.15) is 4.98 Å². The first-order valence-electron chi connectivity index (χ1n) is 10.8. The fourth-order valence-corrected chi connectivity index (χ4v) is 4.75. The van der Waals surface area contributed by atoms with Crippen molar-refractivity contribution in [2.45, 2.75) is 64.6 Å². The number of aromatic nitrogens is 3. The van der Waals surface area contributed by atoms with Crippen molar-refractivity contribution < 1.29 is 9.53 Å². The first kappa shape index (κ1) is 21.0. The van der Waals surface area contributed by atoms with Crippen molar-refractivity contribution in [2.24, 2.45) is 5.41 Å². The smallest absolute Gasteiger partial charge is 0.227 e. The predicted octanol–water partition coefficient (Wildman–Crippen LogP) is 5.23. The lowest BCUT2D eigenvalue weighted by molar-refractivity contribution is -0.118. The molecule has 2 aromatic rings. The highest BCUT2D eigenvalue weighted by Gasteiger charge is 2.41. The number of carbonyl (C=O) groups is 1. The van der Waals surface area contributed by atoms with Crippen LogP contribution < -0.4 is 10.1 Å². The number of hydrogen-bond acceptors (Lipinski definition) is 6. The highest BCUT2D eigenvalue weighted by atomic mass is 32.2. The van der Waals surface area contributed by atoms with E-state index >= 15 is 0 Å². The van der Waals surface area contributed by atoms with Crippen LogP contribution in [0.5, 0.6) is 5.75 Å². The molecule has 1 aliphatic carbocycles. The topological polar surface area (TPSA) is 69.0 Å². The van der Waals surface area contributed by atoms with E-state index in [1.807, 2.05) is 22.9 Å². The normalized spacial score (nSPS) is 19.9. The van der Waals surface area contributed by atoms with Crippen molar-refractivity contribution in [3.8, 4) is 5.75 Å². The molecule has 1 aromatic carbocycles. The van der Waals surface area contributed by atoms with Crippen LogP contribution in [0.1, 0.15) is 65.0 Å². The summed E-state index contributed by atoms with van der Waals surface area (Å²) in [5.41, 5.74) is 2.73. The van der Waals surface area contributed by atoms with Gasteiger partial charge in [0.05, 0.1) is 6.61 Å². The minimum atomic E-state index is -0.284. The molecule has 1 unspecified atom stereocenters. The Morgan fingerprint density at radius 1 is 1.30 bits per heavy atom. The van der Waals surface area contributed by atoms with Crippen LogP contribution >= 0.6 is 11.8 Å². The van der Waals surface area contributed by atoms with E-state index in [1.54, 1.807) is 11.8 Å². The molecule has 0 spiro atoms. The van der Waals surface area contributed by atoms with Gasteiger partial charge in [0, 0.05) is 17.7 Å². The van der Waals surface area contributed by atoms with Gasteiger partial charge in [-0.25, -0.2) is 4.68 Å². The van der Waals surface area contributed by atoms with Crippen LogP contribution in [0.3, 0.4) is 0 Å². The van der Waals surface area contributed by atoms with Gasteiger partial charge in [0.1, 0.15) is 11.8 Å². The number of hydrogen-bond donors (Lipinski definition) is 1. The van der Waals surface area contributed by atoms with E-state index in [0.29, 0.717) is 19.0 Å². The van der Waals surface area contributed by atoms with Crippen LogP contribution in [-0.4, -0.2) is 32.9 Å². The maximum atomic E-state index is 13.3. The minimum absolute atomic E-state index is 0.0677. The highest BCUT2D eigenvalue weighted by Crippen LogP contribution is 2.45. The average Bonchev–Trinajstić information content (AvgIpc) is 3.08. The number of fused-ring (bicyclic) bond motifs is 1. The molecule has 0 saturated carbocycles. The number of rotatable bonds is 7. The summed E-state index contributed by atoms with van der Waals surface area (Å²) >= 11 is 1.61. The molecule has 1 aliphatic heterocycles. The maximum Gasteiger partial charge on any atom is 0.227 e. The number of carbonyl (C=O) groups excluding carboxylic acids is 1. The van der Waals surface area contributed by atoms with Crippen LogP contribution in [0.4, 0.5) is 5.95 Å². The minimum Gasteiger partial charge on any atom is -0.494 e. The zero-order valence-electron chi connectivity index (χ0n) is 18.2. The summed E-state index contributed by atoms with van der Waals surface area (Å²) in [6.07, 6.45) is 3.47. The fraction of sp³-hybridized carbons (Fsp3) is 0.522. The SMILES string of the molecule is CCCCOc1cccc(C2C3=C(CC(C)(C)CC3=O)Nc3nc(SCC)nn32)c1. The summed E-state index contributed by atoms with van der Waals surface area (Å²) in [5.74, 6) is 2.61. The molecule has 0 radical (unpaired) electrons. The van der Waals surface area contributed by atoms with Gasteiger partial charge in [-0.15, -0.1) is 5.10 Å². The van der Waals surface area contributed by atoms with Gasteiger partial charge in [0.25, 0.3) is 0 Å². The van der Waals surface area contributed by atoms with Gasteiger partial charge in [-0.1, -0.05) is 58.0 Å². The van der Waals surface area contributed by atoms with E-state index in [4.69, 9.17) is 14.8 Å². The van der Waals surface area contributed by atoms with Crippen molar-refractivity contribution >= 4 is 23.5 Å². The Balaban J connectivity index is 1.78. The lowest BCUT2D eigenvalue weighted by atomic mass is 9.73. The number of ether oxygens (including phenoxy) is 1. The number of nitrogens with one attached hydrogen (secondary N) is 1. The number of Topliss-reactive ketones (excluding diaryl/α,β-unsaturated/α-hetero) is 1. The molecule has 2 aliphatic rings. The Labute approximate surface area is 182 Å². The highest BCUT2D eigenvalue weighted by molar-refractivity contribution is 7.99. The number of ketones is 1. The van der Waals surface area contributed by atoms with Crippen molar-refractivity contribution in [1.82, 2.24) is 14.8 Å². The molecule has 2 heterocycles. The zero-order valence-corrected chi connectivity index (χ0v) is 19.0. The average molecular weight is 427 g/mol. The summed E-state index contributed by atoms with van der Waals surface area (Å²) in [5, 5.41) is 8.90. The number of benzene rings is 1. The molecule has 6 nitrogen and oxygen atoms in total. The van der Waals surface area contributed by atoms with Crippen LogP contribution in [-0.2, 0) is 4.79 Å². The van der Waals surface area contributed by atoms with E-state index < -0.39 is 0 Å². The van der Waals surface area contributed by atoms with Crippen molar-refractivity contribution in [2.75, 3.05) is 17.7 Å². The largest absolute Gasteiger partial charge is 0.494 e. The van der Waals surface area contributed by atoms with E-state index in [1.165, 1.54) is 0 Å². The first-order valence-corrected chi connectivity index (χ1v) is 11.8. The van der Waals surface area contributed by atoms with Gasteiger partial charge < -0.3 is 10.1 Å². The molecule has 1 N–H and O–H groups in total. The fourth-order valence-electron chi connectivity index (χ4n) is 4.20. The quantitative estimate of drug-likeness (QED) is 0.483. The van der Waals surface area contributed by atoms with Gasteiger partial charge in [-0.05, 0) is 41.7 Å². The lowest BCUT2D eigenvalue weighted by Crippen LogP contribution is -2.36. The Morgan fingerprint density at radius 3 is 2.90 bits per heavy atom. The number of thioether (sulfide) groups is 1. The van der Waals surface area contributed by atoms with Gasteiger partial charge in [0.15, 0.2) is 5.78 Å². The van der Waals surface area contributed by atoms with Crippen molar-refractivity contribution in [3.63, 3.8) is 0 Å². The van der Waals surface area contributed by atoms with Crippen LogP contribution in [0, 0.1) is 5.41 Å². The number of anilines is 1. The molecule has 0 saturated heterocycles. The Morgan fingerprint density at radius 2 is 2.13 bits per heavy atom. The summed E-state index contributed by atoms with van der Waals surface area (Å²) in [4.78, 5) is 18.0. The maximum absolute atomic E-state index is 13.3. The third-order valence-electron chi connectivity index (χ3n) is 5.53. The molecule has 1 aromatic heterocycles. The summed E-state index contributed by atoms with van der Waals surface area (Å²) in [7, 11) is 0. The van der Waals surface area contributed by atoms with Crippen molar-refractivity contribution in [3.05, 3.63) is 41.1 Å². The van der Waals surface area contributed by atoms with Crippen LogP contribution in [0.15, 0.2) is 40.7 Å².